The van der Waals surface area contributed by atoms with Crippen molar-refractivity contribution in [3.63, 3.8) is 0 Å². The highest BCUT2D eigenvalue weighted by atomic mass is 16.5. The predicted octanol–water partition coefficient (Wildman–Crippen LogP) is 2.33. The molecule has 0 aromatic carbocycles. The fraction of sp³-hybridized carbons (Fsp3) is 0.778. The van der Waals surface area contributed by atoms with Crippen LogP contribution in [-0.2, 0) is 17.9 Å². The highest BCUT2D eigenvalue weighted by Crippen LogP contribution is 2.30. The van der Waals surface area contributed by atoms with Crippen LogP contribution in [0.25, 0.3) is 0 Å². The average Bonchev–Trinajstić information content (AvgIpc) is 3.00. The number of hydrogen-bond donors (Lipinski definition) is 0. The van der Waals surface area contributed by atoms with Crippen LogP contribution in [0.3, 0.4) is 0 Å². The van der Waals surface area contributed by atoms with Crippen molar-refractivity contribution < 1.29 is 9.26 Å². The lowest BCUT2D eigenvalue weighted by Crippen LogP contribution is -2.48. The third kappa shape index (κ3) is 4.43. The van der Waals surface area contributed by atoms with Gasteiger partial charge in [-0.1, -0.05) is 23.7 Å². The Morgan fingerprint density at radius 3 is 2.71 bits per heavy atom. The first-order chi connectivity index (χ1) is 11.7. The molecule has 6 nitrogen and oxygen atoms in total. The summed E-state index contributed by atoms with van der Waals surface area (Å²) in [7, 11) is 1.64. The first-order valence-electron chi connectivity index (χ1n) is 9.07. The van der Waals surface area contributed by atoms with E-state index in [0.717, 1.165) is 44.6 Å². The third-order valence-corrected chi connectivity index (χ3v) is 5.42. The summed E-state index contributed by atoms with van der Waals surface area (Å²) in [5.74, 6) is 2.86. The van der Waals surface area contributed by atoms with Crippen molar-refractivity contribution >= 4 is 0 Å². The van der Waals surface area contributed by atoms with E-state index in [1.54, 1.807) is 12.7 Å². The minimum absolute atomic E-state index is 0.406. The molecule has 0 bridgehead atoms. The van der Waals surface area contributed by atoms with Crippen molar-refractivity contribution in [2.24, 2.45) is 11.8 Å². The molecule has 2 atom stereocenters. The molecule has 1 fully saturated rings. The number of methoxy groups -OCH3 is 1. The zero-order valence-electron chi connectivity index (χ0n) is 15.2. The second-order valence-electron chi connectivity index (χ2n) is 7.22. The van der Waals surface area contributed by atoms with Crippen LogP contribution < -0.4 is 0 Å². The van der Waals surface area contributed by atoms with Crippen LogP contribution in [0.5, 0.6) is 0 Å². The highest BCUT2D eigenvalue weighted by Gasteiger charge is 2.26. The van der Waals surface area contributed by atoms with Crippen LogP contribution >= 0.6 is 0 Å². The van der Waals surface area contributed by atoms with Gasteiger partial charge in [-0.15, -0.1) is 0 Å². The minimum Gasteiger partial charge on any atom is -0.377 e. The van der Waals surface area contributed by atoms with Crippen LogP contribution in [0, 0.1) is 11.8 Å². The van der Waals surface area contributed by atoms with Gasteiger partial charge in [-0.25, -0.2) is 0 Å². The average molecular weight is 334 g/mol. The molecule has 1 aliphatic heterocycles. The largest absolute Gasteiger partial charge is 0.377 e. The SMILES string of the molecule is COCc1noc(CN2CCN(CC3C(C)=CCCC3C)CC2)n1. The van der Waals surface area contributed by atoms with E-state index in [1.807, 2.05) is 0 Å². The number of piperazine rings is 1. The van der Waals surface area contributed by atoms with Crippen molar-refractivity contribution in [1.82, 2.24) is 19.9 Å². The molecular formula is C18H30N4O2. The van der Waals surface area contributed by atoms with Crippen molar-refractivity contribution in [2.45, 2.75) is 39.8 Å². The van der Waals surface area contributed by atoms with Crippen LogP contribution in [-0.4, -0.2) is 59.8 Å². The van der Waals surface area contributed by atoms with Crippen LogP contribution in [0.2, 0.25) is 0 Å². The molecule has 2 heterocycles. The summed E-state index contributed by atoms with van der Waals surface area (Å²) >= 11 is 0. The Morgan fingerprint density at radius 2 is 2.00 bits per heavy atom. The Balaban J connectivity index is 1.45. The lowest BCUT2D eigenvalue weighted by Gasteiger charge is -2.38. The molecule has 0 radical (unpaired) electrons. The Kier molecular flexibility index (Phi) is 6.03. The van der Waals surface area contributed by atoms with Crippen LogP contribution in [0.15, 0.2) is 16.2 Å². The van der Waals surface area contributed by atoms with E-state index in [2.05, 4.69) is 39.9 Å². The predicted molar refractivity (Wildman–Crippen MR) is 92.4 cm³/mol. The summed E-state index contributed by atoms with van der Waals surface area (Å²) in [4.78, 5) is 9.37. The fourth-order valence-electron chi connectivity index (χ4n) is 3.84. The molecule has 134 valence electrons. The normalized spacial score (nSPS) is 26.5. The van der Waals surface area contributed by atoms with Crippen LogP contribution in [0.4, 0.5) is 0 Å². The summed E-state index contributed by atoms with van der Waals surface area (Å²) < 4.78 is 10.3. The molecule has 6 heteroatoms. The monoisotopic (exact) mass is 334 g/mol. The molecule has 0 amide bonds. The second kappa shape index (κ2) is 8.23. The maximum Gasteiger partial charge on any atom is 0.240 e. The second-order valence-corrected chi connectivity index (χ2v) is 7.22. The van der Waals surface area contributed by atoms with Gasteiger partial charge in [0.1, 0.15) is 6.61 Å². The zero-order valence-corrected chi connectivity index (χ0v) is 15.2. The van der Waals surface area contributed by atoms with Gasteiger partial charge in [-0.2, -0.15) is 4.98 Å². The Hall–Kier alpha value is -1.24. The summed E-state index contributed by atoms with van der Waals surface area (Å²) in [6.07, 6.45) is 5.03. The van der Waals surface area contributed by atoms with Crippen LogP contribution in [0.1, 0.15) is 38.4 Å². The molecule has 1 aromatic heterocycles. The third-order valence-electron chi connectivity index (χ3n) is 5.42. The molecule has 0 saturated carbocycles. The topological polar surface area (TPSA) is 54.6 Å². The van der Waals surface area contributed by atoms with Gasteiger partial charge in [0.2, 0.25) is 5.89 Å². The fourth-order valence-corrected chi connectivity index (χ4v) is 3.84. The van der Waals surface area contributed by atoms with Crippen molar-refractivity contribution in [3.8, 4) is 0 Å². The highest BCUT2D eigenvalue weighted by molar-refractivity contribution is 5.09. The number of ether oxygens (including phenoxy) is 1. The first-order valence-corrected chi connectivity index (χ1v) is 9.07. The minimum atomic E-state index is 0.406. The quantitative estimate of drug-likeness (QED) is 0.744. The summed E-state index contributed by atoms with van der Waals surface area (Å²) in [6.45, 7) is 11.4. The number of nitrogens with zero attached hydrogens (tertiary/aromatic N) is 4. The molecule has 1 aliphatic carbocycles. The van der Waals surface area contributed by atoms with Gasteiger partial charge in [0, 0.05) is 39.8 Å². The molecule has 0 spiro atoms. The number of hydrogen-bond acceptors (Lipinski definition) is 6. The van der Waals surface area contributed by atoms with Gasteiger partial charge >= 0.3 is 0 Å². The van der Waals surface area contributed by atoms with Gasteiger partial charge in [0.15, 0.2) is 5.82 Å². The van der Waals surface area contributed by atoms with Gasteiger partial charge in [-0.3, -0.25) is 4.90 Å². The van der Waals surface area contributed by atoms with Crippen molar-refractivity contribution in [2.75, 3.05) is 39.8 Å². The van der Waals surface area contributed by atoms with Gasteiger partial charge in [-0.05, 0) is 31.6 Å². The van der Waals surface area contributed by atoms with E-state index in [9.17, 15) is 0 Å². The van der Waals surface area contributed by atoms with E-state index >= 15 is 0 Å². The van der Waals surface area contributed by atoms with Gasteiger partial charge in [0.05, 0.1) is 6.54 Å². The summed E-state index contributed by atoms with van der Waals surface area (Å²) in [5, 5.41) is 3.93. The zero-order chi connectivity index (χ0) is 16.9. The van der Waals surface area contributed by atoms with Gasteiger partial charge in [0.25, 0.3) is 0 Å². The number of aromatic nitrogens is 2. The Bertz CT molecular complexity index is 549. The lowest BCUT2D eigenvalue weighted by atomic mass is 9.80. The standard InChI is InChI=1S/C18H30N4O2/c1-14-5-4-6-15(2)16(14)11-21-7-9-22(10-8-21)12-18-19-17(13-23-3)20-24-18/h5,15-16H,4,6-13H2,1-3H3. The van der Waals surface area contributed by atoms with E-state index in [1.165, 1.54) is 19.4 Å². The molecular weight excluding hydrogens is 304 g/mol. The van der Waals surface area contributed by atoms with Gasteiger partial charge < -0.3 is 14.2 Å². The Morgan fingerprint density at radius 1 is 1.25 bits per heavy atom. The number of rotatable bonds is 6. The summed E-state index contributed by atoms with van der Waals surface area (Å²) in [6, 6.07) is 0. The molecule has 3 rings (SSSR count). The van der Waals surface area contributed by atoms with E-state index in [-0.39, 0.29) is 0 Å². The molecule has 2 unspecified atom stereocenters. The molecule has 1 aromatic rings. The summed E-state index contributed by atoms with van der Waals surface area (Å²) in [5.41, 5.74) is 1.59. The van der Waals surface area contributed by atoms with Crippen molar-refractivity contribution in [1.29, 1.82) is 0 Å². The van der Waals surface area contributed by atoms with E-state index in [4.69, 9.17) is 9.26 Å². The maximum atomic E-state index is 5.29. The smallest absolute Gasteiger partial charge is 0.240 e. The molecule has 1 saturated heterocycles. The van der Waals surface area contributed by atoms with E-state index < -0.39 is 0 Å². The van der Waals surface area contributed by atoms with Crippen molar-refractivity contribution in [3.05, 3.63) is 23.4 Å². The number of allylic oxidation sites excluding steroid dienone is 1. The molecule has 2 aliphatic rings. The maximum absolute atomic E-state index is 5.29. The first kappa shape index (κ1) is 17.6. The van der Waals surface area contributed by atoms with E-state index in [0.29, 0.717) is 18.3 Å². The lowest BCUT2D eigenvalue weighted by molar-refractivity contribution is 0.0994. The molecule has 0 N–H and O–H groups in total. The molecule has 24 heavy (non-hydrogen) atoms. The Labute approximate surface area is 144 Å².